The van der Waals surface area contributed by atoms with Gasteiger partial charge in [-0.25, -0.2) is 8.42 Å². The van der Waals surface area contributed by atoms with E-state index < -0.39 is 16.1 Å². The Labute approximate surface area is 236 Å². The summed E-state index contributed by atoms with van der Waals surface area (Å²) in [7, 11) is -3.57. The average molecular weight is 583 g/mol. The number of sulfonamides is 1. The Morgan fingerprint density at radius 1 is 1.03 bits per heavy atom. The summed E-state index contributed by atoms with van der Waals surface area (Å²) < 4.78 is 26.2. The number of halogens is 2. The molecular weight excluding hydrogens is 545 g/mol. The lowest BCUT2D eigenvalue weighted by atomic mass is 9.95. The van der Waals surface area contributed by atoms with E-state index in [-0.39, 0.29) is 43.8 Å². The molecule has 0 spiro atoms. The van der Waals surface area contributed by atoms with Crippen LogP contribution in [0.3, 0.4) is 0 Å². The van der Waals surface area contributed by atoms with E-state index in [9.17, 15) is 18.0 Å². The Balaban J connectivity index is 1.76. The monoisotopic (exact) mass is 581 g/mol. The third-order valence-corrected chi connectivity index (χ3v) is 8.72. The number of carbonyl (C=O) groups is 2. The molecule has 0 radical (unpaired) electrons. The number of carbonyl (C=O) groups excluding carboxylic acids is 2. The van der Waals surface area contributed by atoms with Crippen molar-refractivity contribution < 1.29 is 18.0 Å². The fourth-order valence-corrected chi connectivity index (χ4v) is 6.17. The largest absolute Gasteiger partial charge is 0.352 e. The zero-order valence-corrected chi connectivity index (χ0v) is 24.4. The Hall–Kier alpha value is -2.29. The van der Waals surface area contributed by atoms with Crippen LogP contribution in [0, 0.1) is 0 Å². The topological polar surface area (TPSA) is 86.8 Å². The molecule has 7 nitrogen and oxygen atoms in total. The van der Waals surface area contributed by atoms with Gasteiger partial charge in [-0.1, -0.05) is 67.6 Å². The Morgan fingerprint density at radius 3 is 2.29 bits per heavy atom. The van der Waals surface area contributed by atoms with E-state index in [0.29, 0.717) is 22.2 Å². The number of anilines is 1. The Morgan fingerprint density at radius 2 is 1.68 bits per heavy atom. The molecule has 1 atom stereocenters. The van der Waals surface area contributed by atoms with Crippen LogP contribution in [0.1, 0.15) is 63.9 Å². The van der Waals surface area contributed by atoms with Crippen LogP contribution in [0.2, 0.25) is 10.0 Å². The number of hydrogen-bond acceptors (Lipinski definition) is 4. The number of nitrogens with one attached hydrogen (secondary N) is 1. The molecule has 0 saturated heterocycles. The van der Waals surface area contributed by atoms with E-state index in [1.807, 2.05) is 25.1 Å². The summed E-state index contributed by atoms with van der Waals surface area (Å²) in [6.45, 7) is 2.21. The molecule has 0 heterocycles. The minimum absolute atomic E-state index is 0.0806. The van der Waals surface area contributed by atoms with Gasteiger partial charge in [0.15, 0.2) is 0 Å². The van der Waals surface area contributed by atoms with Crippen molar-refractivity contribution in [3.8, 4) is 0 Å². The van der Waals surface area contributed by atoms with Crippen molar-refractivity contribution in [1.29, 1.82) is 0 Å². The Bertz CT molecular complexity index is 1180. The van der Waals surface area contributed by atoms with Crippen molar-refractivity contribution >= 4 is 50.7 Å². The third kappa shape index (κ3) is 8.61. The van der Waals surface area contributed by atoms with Gasteiger partial charge < -0.3 is 10.2 Å². The minimum atomic E-state index is -3.57. The maximum absolute atomic E-state index is 13.6. The maximum atomic E-state index is 13.6. The first kappa shape index (κ1) is 30.3. The fraction of sp³-hybridized carbons (Fsp3) is 0.500. The van der Waals surface area contributed by atoms with Crippen molar-refractivity contribution in [2.45, 2.75) is 76.9 Å². The minimum Gasteiger partial charge on any atom is -0.352 e. The highest BCUT2D eigenvalue weighted by Crippen LogP contribution is 2.24. The quantitative estimate of drug-likeness (QED) is 0.343. The second-order valence-electron chi connectivity index (χ2n) is 9.80. The summed E-state index contributed by atoms with van der Waals surface area (Å²) in [5.74, 6) is -0.376. The summed E-state index contributed by atoms with van der Waals surface area (Å²) in [4.78, 5) is 28.5. The van der Waals surface area contributed by atoms with Crippen LogP contribution in [-0.4, -0.2) is 50.0 Å². The zero-order valence-electron chi connectivity index (χ0n) is 22.0. The molecule has 2 aromatic carbocycles. The molecule has 2 aromatic rings. The first-order valence-corrected chi connectivity index (χ1v) is 15.8. The van der Waals surface area contributed by atoms with E-state index in [1.54, 1.807) is 35.2 Å². The van der Waals surface area contributed by atoms with Gasteiger partial charge in [0.25, 0.3) is 0 Å². The smallest absolute Gasteiger partial charge is 0.243 e. The normalized spacial score (nSPS) is 15.1. The van der Waals surface area contributed by atoms with E-state index in [1.165, 1.54) is 10.7 Å². The average Bonchev–Trinajstić information content (AvgIpc) is 2.88. The summed E-state index contributed by atoms with van der Waals surface area (Å²) in [6, 6.07) is 13.3. The van der Waals surface area contributed by atoms with Gasteiger partial charge in [0, 0.05) is 35.6 Å². The number of nitrogens with zero attached hydrogens (tertiary/aromatic N) is 2. The lowest BCUT2D eigenvalue weighted by Crippen LogP contribution is -2.51. The van der Waals surface area contributed by atoms with Crippen LogP contribution < -0.4 is 9.62 Å². The van der Waals surface area contributed by atoms with Crippen molar-refractivity contribution in [3.05, 3.63) is 64.1 Å². The highest BCUT2D eigenvalue weighted by molar-refractivity contribution is 7.92. The first-order chi connectivity index (χ1) is 18.1. The number of benzene rings is 2. The van der Waals surface area contributed by atoms with Crippen molar-refractivity contribution in [3.63, 3.8) is 0 Å². The second kappa shape index (κ2) is 14.2. The van der Waals surface area contributed by atoms with Gasteiger partial charge in [-0.2, -0.15) is 0 Å². The predicted molar refractivity (Wildman–Crippen MR) is 154 cm³/mol. The van der Waals surface area contributed by atoms with Gasteiger partial charge in [-0.3, -0.25) is 13.9 Å². The molecule has 3 rings (SSSR count). The van der Waals surface area contributed by atoms with Crippen LogP contribution in [0.4, 0.5) is 5.69 Å². The van der Waals surface area contributed by atoms with Gasteiger partial charge in [-0.15, -0.1) is 0 Å². The number of rotatable bonds is 12. The summed E-state index contributed by atoms with van der Waals surface area (Å²) in [6.07, 6.45) is 7.22. The number of hydrogen-bond donors (Lipinski definition) is 1. The molecular formula is C28H37Cl2N3O4S. The summed E-state index contributed by atoms with van der Waals surface area (Å²) in [5, 5.41) is 4.19. The molecule has 1 N–H and O–H groups in total. The molecule has 0 aromatic heterocycles. The highest BCUT2D eigenvalue weighted by Gasteiger charge is 2.30. The van der Waals surface area contributed by atoms with Crippen LogP contribution in [0.25, 0.3) is 0 Å². The van der Waals surface area contributed by atoms with Gasteiger partial charge in [0.1, 0.15) is 6.04 Å². The maximum Gasteiger partial charge on any atom is 0.243 e. The molecule has 0 aliphatic heterocycles. The molecule has 1 aliphatic carbocycles. The molecule has 1 aliphatic rings. The highest BCUT2D eigenvalue weighted by atomic mass is 35.5. The van der Waals surface area contributed by atoms with E-state index in [0.717, 1.165) is 37.5 Å². The van der Waals surface area contributed by atoms with Crippen LogP contribution in [0.5, 0.6) is 0 Å². The number of amides is 2. The van der Waals surface area contributed by atoms with Gasteiger partial charge in [0.05, 0.1) is 11.9 Å². The molecule has 2 amide bonds. The SMILES string of the molecule is CCC(C(=O)NC1CCCCC1)N(Cc1ccccc1Cl)C(=O)CCCN(c1ccc(Cl)cc1)S(C)(=O)=O. The molecule has 0 bridgehead atoms. The zero-order chi connectivity index (χ0) is 27.7. The lowest BCUT2D eigenvalue weighted by molar-refractivity contribution is -0.141. The van der Waals surface area contributed by atoms with Crippen molar-refractivity contribution in [2.24, 2.45) is 0 Å². The van der Waals surface area contributed by atoms with E-state index in [2.05, 4.69) is 5.32 Å². The van der Waals surface area contributed by atoms with Gasteiger partial charge in [0.2, 0.25) is 21.8 Å². The van der Waals surface area contributed by atoms with Crippen LogP contribution >= 0.6 is 23.2 Å². The molecule has 208 valence electrons. The van der Waals surface area contributed by atoms with Gasteiger partial charge in [-0.05, 0) is 61.6 Å². The molecule has 38 heavy (non-hydrogen) atoms. The molecule has 1 saturated carbocycles. The first-order valence-electron chi connectivity index (χ1n) is 13.2. The van der Waals surface area contributed by atoms with E-state index >= 15 is 0 Å². The summed E-state index contributed by atoms with van der Waals surface area (Å²) in [5.41, 5.74) is 1.24. The van der Waals surface area contributed by atoms with Crippen molar-refractivity contribution in [1.82, 2.24) is 10.2 Å². The van der Waals surface area contributed by atoms with E-state index in [4.69, 9.17) is 23.2 Å². The van der Waals surface area contributed by atoms with Crippen LogP contribution in [0.15, 0.2) is 48.5 Å². The Kier molecular flexibility index (Phi) is 11.3. The molecule has 10 heteroatoms. The fourth-order valence-electron chi connectivity index (χ4n) is 4.89. The third-order valence-electron chi connectivity index (χ3n) is 6.90. The molecule has 1 unspecified atom stereocenters. The van der Waals surface area contributed by atoms with Crippen LogP contribution in [-0.2, 0) is 26.2 Å². The second-order valence-corrected chi connectivity index (χ2v) is 12.5. The van der Waals surface area contributed by atoms with Gasteiger partial charge >= 0.3 is 0 Å². The summed E-state index contributed by atoms with van der Waals surface area (Å²) >= 11 is 12.4. The van der Waals surface area contributed by atoms with Crippen molar-refractivity contribution in [2.75, 3.05) is 17.1 Å². The standard InChI is InChI=1S/C28H37Cl2N3O4S/c1-3-26(28(35)31-23-11-5-4-6-12-23)32(20-21-10-7-8-13-25(21)30)27(34)14-9-19-33(38(2,36)37)24-17-15-22(29)16-18-24/h7-8,10,13,15-18,23,26H,3-6,9,11-12,14,19-20H2,1-2H3,(H,31,35). The lowest BCUT2D eigenvalue weighted by Gasteiger charge is -2.33. The molecule has 1 fully saturated rings. The predicted octanol–water partition coefficient (Wildman–Crippen LogP) is 5.80.